The fourth-order valence-corrected chi connectivity index (χ4v) is 3.26. The van der Waals surface area contributed by atoms with E-state index in [-0.39, 0.29) is 0 Å². The Balaban J connectivity index is 2.05. The number of aromatic nitrogens is 2. The van der Waals surface area contributed by atoms with E-state index in [1.165, 1.54) is 41.6 Å². The van der Waals surface area contributed by atoms with E-state index in [1.807, 2.05) is 0 Å². The van der Waals surface area contributed by atoms with E-state index in [9.17, 15) is 0 Å². The highest BCUT2D eigenvalue weighted by Gasteiger charge is 2.11. The lowest BCUT2D eigenvalue weighted by Gasteiger charge is -2.14. The monoisotopic (exact) mass is 369 g/mol. The molecule has 2 rings (SSSR count). The van der Waals surface area contributed by atoms with Crippen LogP contribution in [0, 0.1) is 13.8 Å². The molecule has 0 aliphatic rings. The van der Waals surface area contributed by atoms with Crippen LogP contribution < -0.4 is 4.74 Å². The Labute approximate surface area is 165 Å². The minimum Gasteiger partial charge on any atom is -0.494 e. The van der Waals surface area contributed by atoms with Crippen LogP contribution in [0.3, 0.4) is 0 Å². The molecule has 4 nitrogen and oxygen atoms in total. The van der Waals surface area contributed by atoms with Crippen LogP contribution in [-0.2, 0) is 12.8 Å². The Bertz CT molecular complexity index is 713. The third kappa shape index (κ3) is 6.94. The molecule has 0 unspecified atom stereocenters. The van der Waals surface area contributed by atoms with E-state index in [0.717, 1.165) is 43.9 Å². The van der Waals surface area contributed by atoms with Crippen LogP contribution in [0.5, 0.6) is 5.75 Å². The maximum atomic E-state index is 5.90. The summed E-state index contributed by atoms with van der Waals surface area (Å²) in [7, 11) is 4.18. The summed E-state index contributed by atoms with van der Waals surface area (Å²) in [5.41, 5.74) is 6.18. The van der Waals surface area contributed by atoms with E-state index < -0.39 is 0 Å². The molecule has 1 aromatic carbocycles. The summed E-state index contributed by atoms with van der Waals surface area (Å²) in [6.45, 7) is 8.30. The molecule has 0 radical (unpaired) electrons. The zero-order valence-corrected chi connectivity index (χ0v) is 17.7. The van der Waals surface area contributed by atoms with Gasteiger partial charge in [-0.3, -0.25) is 0 Å². The molecule has 2 aromatic rings. The molecule has 0 aliphatic carbocycles. The number of hydrogen-bond donors (Lipinski definition) is 0. The van der Waals surface area contributed by atoms with Crippen molar-refractivity contribution in [3.05, 3.63) is 52.6 Å². The number of benzene rings is 1. The van der Waals surface area contributed by atoms with Gasteiger partial charge in [-0.1, -0.05) is 25.8 Å². The minimum absolute atomic E-state index is 0.754. The third-order valence-corrected chi connectivity index (χ3v) is 4.97. The van der Waals surface area contributed by atoms with Crippen molar-refractivity contribution in [1.29, 1.82) is 0 Å². The van der Waals surface area contributed by atoms with E-state index >= 15 is 0 Å². The highest BCUT2D eigenvalue weighted by Crippen LogP contribution is 2.23. The molecular weight excluding hydrogens is 334 g/mol. The van der Waals surface area contributed by atoms with Gasteiger partial charge in [0, 0.05) is 24.4 Å². The molecule has 0 bridgehead atoms. The van der Waals surface area contributed by atoms with Crippen LogP contribution in [0.15, 0.2) is 24.5 Å². The Morgan fingerprint density at radius 1 is 1.04 bits per heavy atom. The Hall–Kier alpha value is -1.94. The molecule has 1 heterocycles. The average molecular weight is 370 g/mol. The van der Waals surface area contributed by atoms with Crippen LogP contribution in [-0.4, -0.2) is 42.1 Å². The zero-order chi connectivity index (χ0) is 19.6. The van der Waals surface area contributed by atoms with Crippen molar-refractivity contribution in [2.45, 2.75) is 59.3 Å². The average Bonchev–Trinajstić information content (AvgIpc) is 2.63. The Morgan fingerprint density at radius 2 is 1.85 bits per heavy atom. The molecule has 1 aromatic heterocycles. The predicted molar refractivity (Wildman–Crippen MR) is 113 cm³/mol. The van der Waals surface area contributed by atoms with E-state index in [0.29, 0.717) is 0 Å². The van der Waals surface area contributed by atoms with E-state index in [1.54, 1.807) is 6.33 Å². The molecule has 27 heavy (non-hydrogen) atoms. The van der Waals surface area contributed by atoms with Gasteiger partial charge < -0.3 is 9.64 Å². The molecule has 148 valence electrons. The normalized spacial score (nSPS) is 11.2. The van der Waals surface area contributed by atoms with Crippen molar-refractivity contribution in [2.75, 3.05) is 27.2 Å². The van der Waals surface area contributed by atoms with Crippen molar-refractivity contribution in [1.82, 2.24) is 14.9 Å². The van der Waals surface area contributed by atoms with Gasteiger partial charge >= 0.3 is 0 Å². The second kappa shape index (κ2) is 11.0. The Kier molecular flexibility index (Phi) is 8.73. The lowest BCUT2D eigenvalue weighted by molar-refractivity contribution is 0.281. The van der Waals surface area contributed by atoms with E-state index in [4.69, 9.17) is 4.74 Å². The van der Waals surface area contributed by atoms with Crippen LogP contribution >= 0.6 is 0 Å². The van der Waals surface area contributed by atoms with Gasteiger partial charge in [0.2, 0.25) is 0 Å². The van der Waals surface area contributed by atoms with Crippen molar-refractivity contribution < 1.29 is 4.74 Å². The first-order chi connectivity index (χ1) is 13.0. The van der Waals surface area contributed by atoms with Crippen LogP contribution in [0.1, 0.15) is 60.7 Å². The highest BCUT2D eigenvalue weighted by atomic mass is 16.5. The van der Waals surface area contributed by atoms with Gasteiger partial charge in [-0.2, -0.15) is 0 Å². The molecule has 0 saturated heterocycles. The predicted octanol–water partition coefficient (Wildman–Crippen LogP) is 4.75. The second-order valence-electron chi connectivity index (χ2n) is 7.61. The van der Waals surface area contributed by atoms with Crippen molar-refractivity contribution in [3.8, 4) is 5.75 Å². The van der Waals surface area contributed by atoms with Gasteiger partial charge in [0.25, 0.3) is 0 Å². The fraction of sp³-hybridized carbons (Fsp3) is 0.565. The van der Waals surface area contributed by atoms with Crippen molar-refractivity contribution in [2.24, 2.45) is 0 Å². The first-order valence-electron chi connectivity index (χ1n) is 10.2. The van der Waals surface area contributed by atoms with Crippen molar-refractivity contribution in [3.63, 3.8) is 0 Å². The molecular formula is C23H35N3O. The molecule has 0 fully saturated rings. The summed E-state index contributed by atoms with van der Waals surface area (Å²) in [6, 6.07) is 6.44. The van der Waals surface area contributed by atoms with Gasteiger partial charge in [0.1, 0.15) is 12.1 Å². The molecule has 0 aliphatic heterocycles. The van der Waals surface area contributed by atoms with Crippen LogP contribution in [0.2, 0.25) is 0 Å². The smallest absolute Gasteiger partial charge is 0.119 e. The summed E-state index contributed by atoms with van der Waals surface area (Å²) < 4.78 is 5.90. The number of unbranched alkanes of at least 4 members (excludes halogenated alkanes) is 2. The third-order valence-electron chi connectivity index (χ3n) is 4.97. The van der Waals surface area contributed by atoms with Crippen LogP contribution in [0.4, 0.5) is 0 Å². The fourth-order valence-electron chi connectivity index (χ4n) is 3.26. The zero-order valence-electron chi connectivity index (χ0n) is 17.7. The quantitative estimate of drug-likeness (QED) is 0.536. The molecule has 4 heteroatoms. The summed E-state index contributed by atoms with van der Waals surface area (Å²) in [5, 5.41) is 0. The lowest BCUT2D eigenvalue weighted by Crippen LogP contribution is -2.15. The van der Waals surface area contributed by atoms with Crippen molar-refractivity contribution >= 4 is 0 Å². The Morgan fingerprint density at radius 3 is 2.56 bits per heavy atom. The summed E-state index contributed by atoms with van der Waals surface area (Å²) in [4.78, 5) is 11.2. The van der Waals surface area contributed by atoms with Crippen LogP contribution in [0.25, 0.3) is 0 Å². The first kappa shape index (κ1) is 21.4. The minimum atomic E-state index is 0.754. The second-order valence-corrected chi connectivity index (χ2v) is 7.61. The topological polar surface area (TPSA) is 38.3 Å². The number of rotatable bonds is 11. The summed E-state index contributed by atoms with van der Waals surface area (Å²) in [6.07, 6.45) is 8.35. The summed E-state index contributed by atoms with van der Waals surface area (Å²) in [5.74, 6) is 0.958. The largest absolute Gasteiger partial charge is 0.494 e. The molecule has 0 amide bonds. The first-order valence-corrected chi connectivity index (χ1v) is 10.2. The van der Waals surface area contributed by atoms with Gasteiger partial charge in [-0.15, -0.1) is 0 Å². The number of aryl methyl sites for hydroxylation is 3. The molecule has 0 atom stereocenters. The maximum absolute atomic E-state index is 5.90. The summed E-state index contributed by atoms with van der Waals surface area (Å²) >= 11 is 0. The van der Waals surface area contributed by atoms with Gasteiger partial charge in [-0.05, 0) is 76.0 Å². The number of ether oxygens (including phenoxy) is 1. The maximum Gasteiger partial charge on any atom is 0.119 e. The van der Waals surface area contributed by atoms with Gasteiger partial charge in [0.15, 0.2) is 0 Å². The van der Waals surface area contributed by atoms with Gasteiger partial charge in [0.05, 0.1) is 6.61 Å². The lowest BCUT2D eigenvalue weighted by atomic mass is 9.96. The van der Waals surface area contributed by atoms with Gasteiger partial charge in [-0.25, -0.2) is 9.97 Å². The molecule has 0 saturated carbocycles. The highest BCUT2D eigenvalue weighted by molar-refractivity contribution is 5.39. The molecule has 0 spiro atoms. The SMILES string of the molecule is CCCCCc1ncnc(C)c1Cc1ccc(OCCCN(C)C)cc1C. The number of hydrogen-bond acceptors (Lipinski definition) is 4. The molecule has 0 N–H and O–H groups in total. The standard InChI is InChI=1S/C23H35N3O/c1-6-7-8-10-23-22(19(3)24-17-25-23)16-20-11-12-21(15-18(20)2)27-14-9-13-26(4)5/h11-12,15,17H,6-10,13-14,16H2,1-5H3. The number of nitrogens with zero attached hydrogens (tertiary/aromatic N) is 3. The van der Waals surface area contributed by atoms with E-state index in [2.05, 4.69) is 67.9 Å².